The molecule has 2 aromatic carbocycles. The molecule has 7 fully saturated rings. The second-order valence-corrected chi connectivity index (χ2v) is 42.5. The van der Waals surface area contributed by atoms with E-state index in [2.05, 4.69) is 52.8 Å². The summed E-state index contributed by atoms with van der Waals surface area (Å²) in [6.07, 6.45) is 10.3. The summed E-state index contributed by atoms with van der Waals surface area (Å²) in [6.45, 7) is 41.4. The van der Waals surface area contributed by atoms with Crippen LogP contribution in [0.3, 0.4) is 0 Å². The Bertz CT molecular complexity index is 4660. The highest BCUT2D eigenvalue weighted by Gasteiger charge is 2.42. The molecule has 0 saturated heterocycles. The first kappa shape index (κ1) is 131. The minimum absolute atomic E-state index is 0. The smallest absolute Gasteiger partial charge is 0.419 e. The van der Waals surface area contributed by atoms with Crippen molar-refractivity contribution in [1.82, 2.24) is 70.4 Å². The van der Waals surface area contributed by atoms with Gasteiger partial charge in [-0.05, 0) is 319 Å². The summed E-state index contributed by atoms with van der Waals surface area (Å²) in [7, 11) is 0. The van der Waals surface area contributed by atoms with E-state index in [0.29, 0.717) is 127 Å². The van der Waals surface area contributed by atoms with Crippen molar-refractivity contribution in [2.45, 2.75) is 330 Å². The topological polar surface area (TPSA) is 433 Å². The van der Waals surface area contributed by atoms with Crippen LogP contribution in [0.1, 0.15) is 304 Å². The van der Waals surface area contributed by atoms with E-state index in [0.717, 1.165) is 107 Å². The first-order valence-electron chi connectivity index (χ1n) is 49.5. The number of aliphatic hydroxyl groups excluding tert-OH is 3. The molecule has 5 heterocycles. The van der Waals surface area contributed by atoms with Gasteiger partial charge in [0, 0.05) is 125 Å². The highest BCUT2D eigenvalue weighted by atomic mass is 35.5. The maximum atomic E-state index is 12.6. The third kappa shape index (κ3) is 53.5. The number of rotatable bonds is 31. The normalized spacial score (nSPS) is 16.9. The Kier molecular flexibility index (Phi) is 54.5. The van der Waals surface area contributed by atoms with Crippen LogP contribution in [0, 0.1) is 41.4 Å². The first-order valence-corrected chi connectivity index (χ1v) is 49.8. The van der Waals surface area contributed by atoms with Gasteiger partial charge < -0.3 is 80.8 Å². The number of aliphatic hydroxyl groups is 3. The van der Waals surface area contributed by atoms with Crippen molar-refractivity contribution in [2.75, 3.05) is 72.2 Å². The summed E-state index contributed by atoms with van der Waals surface area (Å²) in [6, 6.07) is 13.6. The molecular weight excluding hydrogens is 1960 g/mol. The lowest BCUT2D eigenvalue weighted by atomic mass is 10.1. The van der Waals surface area contributed by atoms with Gasteiger partial charge in [-0.3, -0.25) is 29.4 Å². The number of amides is 8. The molecule has 8 amide bonds. The Morgan fingerprint density at radius 2 is 0.733 bits per heavy atom. The van der Waals surface area contributed by atoms with Gasteiger partial charge >= 0.3 is 42.9 Å². The molecule has 9 aliphatic rings. The number of carbonyl (C=O) groups excluding carboxylic acids is 9. The highest BCUT2D eigenvalue weighted by Crippen LogP contribution is 2.38. The lowest BCUT2D eigenvalue weighted by Crippen LogP contribution is -2.49. The van der Waals surface area contributed by atoms with Crippen molar-refractivity contribution in [3.8, 4) is 0 Å². The van der Waals surface area contributed by atoms with E-state index >= 15 is 0 Å². The molecule has 7 atom stereocenters. The number of ether oxygens (including phenoxy) is 4. The van der Waals surface area contributed by atoms with Crippen LogP contribution < -0.4 is 27.4 Å². The van der Waals surface area contributed by atoms with Crippen molar-refractivity contribution in [1.29, 1.82) is 0 Å². The number of carbonyl (C=O) groups is 9. The summed E-state index contributed by atoms with van der Waals surface area (Å²) in [5.74, 6) is 4.03. The van der Waals surface area contributed by atoms with Crippen LogP contribution in [0.25, 0.3) is 0 Å². The minimum atomic E-state index is -4.44. The predicted molar refractivity (Wildman–Crippen MR) is 545 cm³/mol. The standard InChI is InChI=1S/C20H26N2O4.C18H26F3N3O2.C13H18F3N3.C12H24N2O2.C12H23NO3.C8H5NO2.C7H15NO.C5H2ClF3N2.C4H6O.C3H9NO.BH4.ClH/c1-13(21(12-14-9-10-14)19(25)26-20(2,3)4)11-22-17(23)15-7-5-6-8-16(15)18(22)24;1-12(5-8-15-22-9-14(10-23-15)18(19,20)21)24(11-13-6-7-13)16(25)26-17(2,3)4;1-9(17-6-10-3-4-10)2-5-12-18-7-11(8-19-12)13(14,15)16;1-9(7-13)14(8-10-5-6-10)11(15)16-12(2,3)4;1-9(8-14)13(7-10-5-6-10)11(15)16-12(2,3)4;10-7-5-3-1-2-4-6(5)8(11)9-7;1-6(5-9)8-4-7-2-3-7;6-4-10-1-3(2-11-4)5(7,8)9;5-3-4-1-2-4;1-3(4)2-5;;/h5-8,13-14H,9-12H2,1-4H3;9-10,12-13H,5-8,11H2,1-4H3;7-10,17H,2-6H2,1H3;9-10H,5-8,13H2,1-4H3;9-10,14H,5-8H2,1-4H3;1-4H,(H,9,10,11);6-9H,2-5H2,1H3;1-2H;3-4H,1-2H2;3,5H,2,4H2,1H3;1H4;1H/q;;;;;;;;;;-1;/t13-;12-;3*9-;;6-;;;3-;;/m00000.0..0../s1. The van der Waals surface area contributed by atoms with Gasteiger partial charge in [0.15, 0.2) is 0 Å². The van der Waals surface area contributed by atoms with Crippen molar-refractivity contribution in [3.05, 3.63) is 142 Å². The Hall–Kier alpha value is -9.56. The number of benzene rings is 2. The number of nitrogens with one attached hydrogen (secondary N) is 3. The zero-order valence-corrected chi connectivity index (χ0v) is 88.7. The number of hydrogen-bond donors (Lipinski definition) is 8. The molecule has 5 aromatic rings. The molecule has 0 unspecified atom stereocenters. The molecule has 7 aliphatic carbocycles. The summed E-state index contributed by atoms with van der Waals surface area (Å²) < 4.78 is 132. The third-order valence-corrected chi connectivity index (χ3v) is 22.9. The first-order chi connectivity index (χ1) is 67.1. The monoisotopic (exact) mass is 2120 g/mol. The molecular formula is C102H159BCl2F9N16O16-. The van der Waals surface area contributed by atoms with Crippen molar-refractivity contribution < 1.29 is 117 Å². The van der Waals surface area contributed by atoms with Gasteiger partial charge in [0.2, 0.25) is 5.28 Å². The number of aryl methyl sites for hydroxylation is 2. The van der Waals surface area contributed by atoms with E-state index < -0.39 is 63.7 Å². The van der Waals surface area contributed by atoms with Crippen molar-refractivity contribution in [2.24, 2.45) is 52.9 Å². The molecule has 10 N–H and O–H groups in total. The SMILES string of the molecule is C[C@@H](CCc1ncc(C(F)(F)F)cn1)N(CC1CC1)C(=O)OC(C)(C)C.C[C@@H](CCc1ncc(C(F)(F)F)cn1)NCC1CC1.C[C@@H](CN)N(CC1CC1)C(=O)OC(C)(C)C.C[C@@H](CN1C(=O)c2ccccc2C1=O)N(CC1CC1)C(=O)OC(C)(C)C.C[C@@H](CO)N(CC1CC1)C(=O)OC(C)(C)C.C[C@@H](CO)NCC1CC1.C[C@H](N)CO.Cl.FC(F)(F)c1cnc(Cl)nc1.O=C1NC(=O)c2ccccc21.O=CC1CC1.[BH4-]. The van der Waals surface area contributed by atoms with Crippen molar-refractivity contribution in [3.63, 3.8) is 0 Å². The van der Waals surface area contributed by atoms with Crippen LogP contribution in [0.2, 0.25) is 5.28 Å². The number of nitrogens with zero attached hydrogens (tertiary/aromatic N) is 11. The highest BCUT2D eigenvalue weighted by molar-refractivity contribution is 6.28. The van der Waals surface area contributed by atoms with E-state index in [1.165, 1.54) is 56.3 Å². The lowest BCUT2D eigenvalue weighted by Gasteiger charge is -2.33. The second-order valence-electron chi connectivity index (χ2n) is 42.1. The molecule has 7 saturated carbocycles. The zero-order valence-electron chi connectivity index (χ0n) is 87.2. The second kappa shape index (κ2) is 60.9. The van der Waals surface area contributed by atoms with E-state index in [9.17, 15) is 82.7 Å². The number of nitrogens with two attached hydrogens (primary N) is 2. The fourth-order valence-corrected chi connectivity index (χ4v) is 12.9. The van der Waals surface area contributed by atoms with Crippen molar-refractivity contribution >= 4 is 86.7 Å². The molecule has 824 valence electrons. The molecule has 2 aliphatic heterocycles. The van der Waals surface area contributed by atoms with Gasteiger partial charge in [0.05, 0.1) is 70.8 Å². The summed E-state index contributed by atoms with van der Waals surface area (Å²) >= 11 is 5.17. The minimum Gasteiger partial charge on any atom is -0.444 e. The molecule has 3 aromatic heterocycles. The number of aldehydes is 1. The fraction of sp³-hybridized carbons (Fsp3) is 0.676. The van der Waals surface area contributed by atoms with E-state index in [1.54, 1.807) is 75.1 Å². The van der Waals surface area contributed by atoms with E-state index in [4.69, 9.17) is 57.3 Å². The number of hydrogen-bond acceptors (Lipinski definition) is 26. The van der Waals surface area contributed by atoms with Crippen LogP contribution in [-0.4, -0.2) is 269 Å². The van der Waals surface area contributed by atoms with Crippen LogP contribution >= 0.6 is 24.0 Å². The van der Waals surface area contributed by atoms with Gasteiger partial charge in [-0.25, -0.2) is 49.1 Å². The summed E-state index contributed by atoms with van der Waals surface area (Å²) in [5.41, 5.74) is 7.82. The fourth-order valence-electron chi connectivity index (χ4n) is 12.8. The van der Waals surface area contributed by atoms with Gasteiger partial charge in [0.1, 0.15) is 40.3 Å². The largest absolute Gasteiger partial charge is 0.444 e. The summed E-state index contributed by atoms with van der Waals surface area (Å²) in [5, 5.41) is 34.4. The maximum absolute atomic E-state index is 12.6. The van der Waals surface area contributed by atoms with Gasteiger partial charge in [0.25, 0.3) is 23.6 Å². The van der Waals surface area contributed by atoms with E-state index in [-0.39, 0.29) is 131 Å². The molecule has 0 spiro atoms. The van der Waals surface area contributed by atoms with E-state index in [1.807, 2.05) is 118 Å². The number of halogens is 11. The Labute approximate surface area is 866 Å². The van der Waals surface area contributed by atoms with Crippen LogP contribution in [-0.2, 0) is 55.1 Å². The molecule has 0 radical (unpaired) electrons. The Morgan fingerprint density at radius 3 is 1.00 bits per heavy atom. The number of imide groups is 2. The number of aromatic nitrogens is 6. The number of fused-ring (bicyclic) bond motifs is 2. The number of alkyl halides is 9. The van der Waals surface area contributed by atoms with Gasteiger partial charge in [-0.1, -0.05) is 32.7 Å². The molecule has 44 heteroatoms. The Morgan fingerprint density at radius 1 is 0.445 bits per heavy atom. The quantitative estimate of drug-likeness (QED) is 0.00510. The Balaban J connectivity index is 0.000000430. The molecule has 0 bridgehead atoms. The molecule has 32 nitrogen and oxygen atoms in total. The average Bonchev–Trinajstić information content (AvgIpc) is 1.63. The zero-order chi connectivity index (χ0) is 108. The van der Waals surface area contributed by atoms with Crippen LogP contribution in [0.5, 0.6) is 0 Å². The molecule has 14 rings (SSSR count). The van der Waals surface area contributed by atoms with Gasteiger partial charge in [-0.15, -0.1) is 12.4 Å². The predicted octanol–water partition coefficient (Wildman–Crippen LogP) is 16.6. The third-order valence-electron chi connectivity index (χ3n) is 22.7. The van der Waals surface area contributed by atoms with Gasteiger partial charge in [-0.2, -0.15) is 39.5 Å². The van der Waals surface area contributed by atoms with Crippen LogP contribution in [0.15, 0.2) is 85.7 Å². The maximum Gasteiger partial charge on any atom is 0.419 e. The average molecular weight is 2120 g/mol. The summed E-state index contributed by atoms with van der Waals surface area (Å²) in [4.78, 5) is 135. The molecule has 146 heavy (non-hydrogen) atoms. The van der Waals surface area contributed by atoms with Crippen LogP contribution in [0.4, 0.5) is 58.7 Å². The lowest BCUT2D eigenvalue weighted by molar-refractivity contribution is -0.138.